The van der Waals surface area contributed by atoms with E-state index >= 15 is 0 Å². The minimum absolute atomic E-state index is 0.299. The molecule has 1 saturated carbocycles. The Balaban J connectivity index is 1.37. The molecule has 3 nitrogen and oxygen atoms in total. The second-order valence-corrected chi connectivity index (χ2v) is 6.11. The van der Waals surface area contributed by atoms with Gasteiger partial charge in [-0.3, -0.25) is 4.79 Å². The van der Waals surface area contributed by atoms with Crippen LogP contribution in [0.15, 0.2) is 12.2 Å². The van der Waals surface area contributed by atoms with Crippen LogP contribution in [0.3, 0.4) is 0 Å². The molecule has 0 spiro atoms. The van der Waals surface area contributed by atoms with Gasteiger partial charge >= 0.3 is 0 Å². The Hall–Kier alpha value is -0.830. The summed E-state index contributed by atoms with van der Waals surface area (Å²) in [7, 11) is 0. The van der Waals surface area contributed by atoms with E-state index in [9.17, 15) is 4.79 Å². The first-order valence-electron chi connectivity index (χ1n) is 7.50. The Morgan fingerprint density at radius 3 is 2.67 bits per heavy atom. The van der Waals surface area contributed by atoms with E-state index in [1.807, 2.05) is 4.90 Å². The lowest BCUT2D eigenvalue weighted by Crippen LogP contribution is -2.42. The standard InChI is InChI=1S/C15H24N2O/c18-15(17-6-2-1-3-7-17)11-16-10-14-9-12-4-5-13(14)8-12/h4-5,12-14,16H,1-3,6-11H2. The molecule has 0 aromatic rings. The van der Waals surface area contributed by atoms with Gasteiger partial charge in [0.1, 0.15) is 0 Å². The molecule has 0 aromatic heterocycles. The van der Waals surface area contributed by atoms with Crippen molar-refractivity contribution in [3.8, 4) is 0 Å². The minimum atomic E-state index is 0.299. The number of piperidine rings is 1. The Labute approximate surface area is 110 Å². The fourth-order valence-electron chi connectivity index (χ4n) is 3.75. The summed E-state index contributed by atoms with van der Waals surface area (Å²) < 4.78 is 0. The van der Waals surface area contributed by atoms with E-state index in [0.717, 1.165) is 37.4 Å². The van der Waals surface area contributed by atoms with Gasteiger partial charge in [0.2, 0.25) is 5.91 Å². The predicted molar refractivity (Wildman–Crippen MR) is 72.1 cm³/mol. The molecule has 2 bridgehead atoms. The number of nitrogens with one attached hydrogen (secondary N) is 1. The summed E-state index contributed by atoms with van der Waals surface area (Å²) in [5.41, 5.74) is 0. The number of carbonyl (C=O) groups is 1. The van der Waals surface area contributed by atoms with Crippen molar-refractivity contribution in [3.63, 3.8) is 0 Å². The highest BCUT2D eigenvalue weighted by molar-refractivity contribution is 5.78. The van der Waals surface area contributed by atoms with Crippen molar-refractivity contribution in [3.05, 3.63) is 12.2 Å². The van der Waals surface area contributed by atoms with Gasteiger partial charge in [-0.1, -0.05) is 12.2 Å². The summed E-state index contributed by atoms with van der Waals surface area (Å²) in [5.74, 6) is 2.69. The van der Waals surface area contributed by atoms with Crippen LogP contribution in [0.4, 0.5) is 0 Å². The number of hydrogen-bond donors (Lipinski definition) is 1. The van der Waals surface area contributed by atoms with Crippen LogP contribution in [0.25, 0.3) is 0 Å². The number of likely N-dealkylation sites (tertiary alicyclic amines) is 1. The lowest BCUT2D eigenvalue weighted by atomic mass is 9.94. The molecule has 3 heteroatoms. The van der Waals surface area contributed by atoms with Gasteiger partial charge in [0.25, 0.3) is 0 Å². The highest BCUT2D eigenvalue weighted by atomic mass is 16.2. The van der Waals surface area contributed by atoms with Crippen molar-refractivity contribution in [1.29, 1.82) is 0 Å². The van der Waals surface area contributed by atoms with Crippen LogP contribution in [0.5, 0.6) is 0 Å². The molecule has 1 aliphatic heterocycles. The number of rotatable bonds is 4. The van der Waals surface area contributed by atoms with Crippen LogP contribution >= 0.6 is 0 Å². The molecule has 0 aromatic carbocycles. The molecule has 2 aliphatic carbocycles. The van der Waals surface area contributed by atoms with Gasteiger partial charge in [-0.15, -0.1) is 0 Å². The maximum Gasteiger partial charge on any atom is 0.236 e. The molecule has 3 unspecified atom stereocenters. The largest absolute Gasteiger partial charge is 0.342 e. The zero-order chi connectivity index (χ0) is 12.4. The van der Waals surface area contributed by atoms with Gasteiger partial charge in [0.05, 0.1) is 6.54 Å². The van der Waals surface area contributed by atoms with Crippen molar-refractivity contribution >= 4 is 5.91 Å². The number of carbonyl (C=O) groups excluding carboxylic acids is 1. The van der Waals surface area contributed by atoms with Crippen LogP contribution in [-0.2, 0) is 4.79 Å². The molecular formula is C15H24N2O. The van der Waals surface area contributed by atoms with E-state index in [0.29, 0.717) is 12.5 Å². The third kappa shape index (κ3) is 2.61. The fourth-order valence-corrected chi connectivity index (χ4v) is 3.75. The van der Waals surface area contributed by atoms with Crippen molar-refractivity contribution < 1.29 is 4.79 Å². The fraction of sp³-hybridized carbons (Fsp3) is 0.800. The quantitative estimate of drug-likeness (QED) is 0.769. The molecule has 1 saturated heterocycles. The summed E-state index contributed by atoms with van der Waals surface area (Å²) in [5, 5.41) is 3.38. The second-order valence-electron chi connectivity index (χ2n) is 6.11. The maximum absolute atomic E-state index is 12.0. The van der Waals surface area contributed by atoms with E-state index in [-0.39, 0.29) is 0 Å². The van der Waals surface area contributed by atoms with Crippen LogP contribution in [-0.4, -0.2) is 37.0 Å². The van der Waals surface area contributed by atoms with E-state index in [1.54, 1.807) is 0 Å². The second kappa shape index (κ2) is 5.43. The van der Waals surface area contributed by atoms with Crippen molar-refractivity contribution in [2.75, 3.05) is 26.2 Å². The molecule has 1 N–H and O–H groups in total. The topological polar surface area (TPSA) is 32.3 Å². The van der Waals surface area contributed by atoms with Crippen LogP contribution in [0.2, 0.25) is 0 Å². The lowest BCUT2D eigenvalue weighted by Gasteiger charge is -2.27. The molecule has 1 heterocycles. The summed E-state index contributed by atoms with van der Waals surface area (Å²) in [6.07, 6.45) is 11.1. The van der Waals surface area contributed by atoms with Crippen LogP contribution in [0, 0.1) is 17.8 Å². The Bertz CT molecular complexity index is 333. The first-order valence-corrected chi connectivity index (χ1v) is 7.50. The lowest BCUT2D eigenvalue weighted by molar-refractivity contribution is -0.131. The van der Waals surface area contributed by atoms with Gasteiger partial charge in [-0.2, -0.15) is 0 Å². The highest BCUT2D eigenvalue weighted by Gasteiger charge is 2.35. The molecule has 1 amide bonds. The Morgan fingerprint density at radius 2 is 2.00 bits per heavy atom. The van der Waals surface area contributed by atoms with Crippen LogP contribution in [0.1, 0.15) is 32.1 Å². The predicted octanol–water partition coefficient (Wildman–Crippen LogP) is 1.80. The average molecular weight is 248 g/mol. The van der Waals surface area contributed by atoms with Crippen molar-refractivity contribution in [1.82, 2.24) is 10.2 Å². The van der Waals surface area contributed by atoms with Gasteiger partial charge in [-0.25, -0.2) is 0 Å². The van der Waals surface area contributed by atoms with E-state index < -0.39 is 0 Å². The third-order valence-electron chi connectivity index (χ3n) is 4.81. The van der Waals surface area contributed by atoms with Gasteiger partial charge < -0.3 is 10.2 Å². The number of fused-ring (bicyclic) bond motifs is 2. The third-order valence-corrected chi connectivity index (χ3v) is 4.81. The molecule has 100 valence electrons. The maximum atomic E-state index is 12.0. The molecule has 3 rings (SSSR count). The average Bonchev–Trinajstić information content (AvgIpc) is 3.02. The zero-order valence-electron chi connectivity index (χ0n) is 11.1. The SMILES string of the molecule is O=C(CNCC1CC2C=CC1C2)N1CCCCC1. The van der Waals surface area contributed by atoms with E-state index in [2.05, 4.69) is 17.5 Å². The summed E-state index contributed by atoms with van der Waals surface area (Å²) in [6.45, 7) is 3.50. The Morgan fingerprint density at radius 1 is 1.17 bits per heavy atom. The van der Waals surface area contributed by atoms with Crippen LogP contribution < -0.4 is 5.32 Å². The van der Waals surface area contributed by atoms with Gasteiger partial charge in [0.15, 0.2) is 0 Å². The normalized spacial score (nSPS) is 34.2. The molecule has 0 radical (unpaired) electrons. The Kier molecular flexibility index (Phi) is 3.69. The number of amides is 1. The molecule has 3 atom stereocenters. The first kappa shape index (κ1) is 12.2. The van der Waals surface area contributed by atoms with Crippen molar-refractivity contribution in [2.24, 2.45) is 17.8 Å². The number of nitrogens with zero attached hydrogens (tertiary/aromatic N) is 1. The summed E-state index contributed by atoms with van der Waals surface area (Å²) >= 11 is 0. The number of allylic oxidation sites excluding steroid dienone is 2. The molecule has 18 heavy (non-hydrogen) atoms. The monoisotopic (exact) mass is 248 g/mol. The zero-order valence-corrected chi connectivity index (χ0v) is 11.1. The molecule has 3 aliphatic rings. The summed E-state index contributed by atoms with van der Waals surface area (Å²) in [6, 6.07) is 0. The first-order chi connectivity index (χ1) is 8.83. The van der Waals surface area contributed by atoms with Gasteiger partial charge in [-0.05, 0) is 56.4 Å². The highest BCUT2D eigenvalue weighted by Crippen LogP contribution is 2.42. The van der Waals surface area contributed by atoms with Gasteiger partial charge in [0, 0.05) is 13.1 Å². The molecular weight excluding hydrogens is 224 g/mol. The number of hydrogen-bond acceptors (Lipinski definition) is 2. The smallest absolute Gasteiger partial charge is 0.236 e. The molecule has 2 fully saturated rings. The summed E-state index contributed by atoms with van der Waals surface area (Å²) in [4.78, 5) is 14.0. The van der Waals surface area contributed by atoms with Crippen molar-refractivity contribution in [2.45, 2.75) is 32.1 Å². The van der Waals surface area contributed by atoms with E-state index in [1.165, 1.54) is 32.1 Å². The van der Waals surface area contributed by atoms with E-state index in [4.69, 9.17) is 0 Å². The minimum Gasteiger partial charge on any atom is -0.342 e.